The molecule has 0 aliphatic carbocycles. The van der Waals surface area contributed by atoms with E-state index in [9.17, 15) is 0 Å². The van der Waals surface area contributed by atoms with E-state index >= 15 is 0 Å². The van der Waals surface area contributed by atoms with Crippen molar-refractivity contribution in [3.63, 3.8) is 0 Å². The second-order valence-electron chi connectivity index (χ2n) is 5.50. The van der Waals surface area contributed by atoms with Crippen LogP contribution in [0.15, 0.2) is 42.5 Å². The number of thiocarbonyl (C=S) groups is 1. The third kappa shape index (κ3) is 2.50. The lowest BCUT2D eigenvalue weighted by atomic mass is 10.2. The fourth-order valence-electron chi connectivity index (χ4n) is 2.45. The molecule has 114 valence electrons. The predicted molar refractivity (Wildman–Crippen MR) is 102 cm³/mol. The van der Waals surface area contributed by atoms with Gasteiger partial charge in [-0.1, -0.05) is 12.1 Å². The first-order valence-electron chi connectivity index (χ1n) is 7.19. The average Bonchev–Trinajstić information content (AvgIpc) is 2.89. The maximum Gasteiger partial charge on any atom is 0.172 e. The molecule has 0 atom stereocenters. The molecule has 4 aromatic rings. The molecule has 0 saturated carbocycles. The smallest absolute Gasteiger partial charge is 0.172 e. The van der Waals surface area contributed by atoms with Crippen LogP contribution in [0, 0.1) is 0 Å². The van der Waals surface area contributed by atoms with Crippen LogP contribution in [0.4, 0.5) is 5.69 Å². The average molecular weight is 338 g/mol. The fourth-order valence-corrected chi connectivity index (χ4v) is 3.58. The Balaban J connectivity index is 1.90. The van der Waals surface area contributed by atoms with E-state index in [1.54, 1.807) is 11.3 Å². The van der Waals surface area contributed by atoms with Gasteiger partial charge in [0, 0.05) is 29.9 Å². The van der Waals surface area contributed by atoms with Gasteiger partial charge < -0.3 is 10.2 Å². The number of thiophene rings is 1. The number of benzene rings is 2. The minimum absolute atomic E-state index is 0.681. The van der Waals surface area contributed by atoms with Crippen molar-refractivity contribution in [3.8, 4) is 0 Å². The maximum atomic E-state index is 5.31. The van der Waals surface area contributed by atoms with Gasteiger partial charge in [0.25, 0.3) is 0 Å². The first kappa shape index (κ1) is 14.3. The summed E-state index contributed by atoms with van der Waals surface area (Å²) in [5, 5.41) is 5.03. The van der Waals surface area contributed by atoms with Gasteiger partial charge in [-0.25, -0.2) is 9.97 Å². The van der Waals surface area contributed by atoms with Crippen LogP contribution in [-0.4, -0.2) is 34.1 Å². The lowest BCUT2D eigenvalue weighted by Gasteiger charge is -2.15. The standard InChI is InChI=1S/C17H14N4S2/c1-21(2)17(22)18-10-7-8-14-11(9-10)15-16(23-14)20-13-6-4-3-5-12(13)19-15/h3-9H,1-2H3,(H,18,22). The van der Waals surface area contributed by atoms with Crippen LogP contribution in [0.5, 0.6) is 0 Å². The van der Waals surface area contributed by atoms with Crippen LogP contribution >= 0.6 is 23.6 Å². The summed E-state index contributed by atoms with van der Waals surface area (Å²) in [5.74, 6) is 0. The van der Waals surface area contributed by atoms with Gasteiger partial charge in [-0.3, -0.25) is 0 Å². The van der Waals surface area contributed by atoms with E-state index in [1.165, 1.54) is 4.70 Å². The zero-order chi connectivity index (χ0) is 16.0. The van der Waals surface area contributed by atoms with Gasteiger partial charge in [-0.15, -0.1) is 11.3 Å². The van der Waals surface area contributed by atoms with E-state index in [-0.39, 0.29) is 0 Å². The monoisotopic (exact) mass is 338 g/mol. The first-order valence-corrected chi connectivity index (χ1v) is 8.41. The fraction of sp³-hybridized carbons (Fsp3) is 0.118. The van der Waals surface area contributed by atoms with E-state index in [0.29, 0.717) is 5.11 Å². The molecule has 4 rings (SSSR count). The first-order chi connectivity index (χ1) is 11.1. The summed E-state index contributed by atoms with van der Waals surface area (Å²) < 4.78 is 1.18. The van der Waals surface area contributed by atoms with Gasteiger partial charge in [0.2, 0.25) is 0 Å². The number of nitrogens with zero attached hydrogens (tertiary/aromatic N) is 3. The van der Waals surface area contributed by atoms with Crippen molar-refractivity contribution in [2.45, 2.75) is 0 Å². The lowest BCUT2D eigenvalue weighted by molar-refractivity contribution is 0.634. The Labute approximate surface area is 142 Å². The normalized spacial score (nSPS) is 11.2. The molecule has 1 N–H and O–H groups in total. The van der Waals surface area contributed by atoms with E-state index in [4.69, 9.17) is 22.2 Å². The highest BCUT2D eigenvalue weighted by molar-refractivity contribution is 7.80. The van der Waals surface area contributed by atoms with Crippen molar-refractivity contribution in [2.24, 2.45) is 0 Å². The highest BCUT2D eigenvalue weighted by Crippen LogP contribution is 2.34. The number of para-hydroxylation sites is 2. The SMILES string of the molecule is CN(C)C(=S)Nc1ccc2sc3nc4ccccc4nc3c2c1. The molecule has 2 heterocycles. The summed E-state index contributed by atoms with van der Waals surface area (Å²) in [7, 11) is 3.84. The molecule has 2 aromatic heterocycles. The molecule has 0 aliphatic rings. The summed E-state index contributed by atoms with van der Waals surface area (Å²) in [6.45, 7) is 0. The van der Waals surface area contributed by atoms with Crippen LogP contribution < -0.4 is 5.32 Å². The molecule has 0 spiro atoms. The molecule has 6 heteroatoms. The molecule has 0 unspecified atom stereocenters. The van der Waals surface area contributed by atoms with E-state index in [2.05, 4.69) is 17.4 Å². The third-order valence-electron chi connectivity index (χ3n) is 3.64. The minimum atomic E-state index is 0.681. The van der Waals surface area contributed by atoms with Crippen molar-refractivity contribution >= 4 is 65.8 Å². The zero-order valence-corrected chi connectivity index (χ0v) is 14.3. The Morgan fingerprint density at radius 3 is 2.57 bits per heavy atom. The van der Waals surface area contributed by atoms with Gasteiger partial charge in [0.1, 0.15) is 10.3 Å². The topological polar surface area (TPSA) is 41.0 Å². The molecular formula is C17H14N4S2. The maximum absolute atomic E-state index is 5.31. The van der Waals surface area contributed by atoms with E-state index < -0.39 is 0 Å². The van der Waals surface area contributed by atoms with Crippen LogP contribution in [0.2, 0.25) is 0 Å². The molecule has 0 fully saturated rings. The Morgan fingerprint density at radius 2 is 1.83 bits per heavy atom. The summed E-state index contributed by atoms with van der Waals surface area (Å²) >= 11 is 6.98. The summed E-state index contributed by atoms with van der Waals surface area (Å²) in [6, 6.07) is 14.2. The zero-order valence-electron chi connectivity index (χ0n) is 12.7. The number of aromatic nitrogens is 2. The van der Waals surface area contributed by atoms with Crippen molar-refractivity contribution in [3.05, 3.63) is 42.5 Å². The van der Waals surface area contributed by atoms with Gasteiger partial charge in [-0.05, 0) is 42.5 Å². The quantitative estimate of drug-likeness (QED) is 0.525. The van der Waals surface area contributed by atoms with Gasteiger partial charge in [-0.2, -0.15) is 0 Å². The third-order valence-corrected chi connectivity index (χ3v) is 5.16. The number of fused-ring (bicyclic) bond motifs is 4. The molecule has 0 amide bonds. The van der Waals surface area contributed by atoms with Crippen LogP contribution in [-0.2, 0) is 0 Å². The highest BCUT2D eigenvalue weighted by Gasteiger charge is 2.10. The summed E-state index contributed by atoms with van der Waals surface area (Å²) in [6.07, 6.45) is 0. The van der Waals surface area contributed by atoms with Gasteiger partial charge in [0.05, 0.1) is 11.0 Å². The largest absolute Gasteiger partial charge is 0.355 e. The molecule has 23 heavy (non-hydrogen) atoms. The number of nitrogens with one attached hydrogen (secondary N) is 1. The Bertz CT molecular complexity index is 1050. The van der Waals surface area contributed by atoms with Crippen molar-refractivity contribution < 1.29 is 0 Å². The second-order valence-corrected chi connectivity index (χ2v) is 6.92. The molecule has 0 aliphatic heterocycles. The van der Waals surface area contributed by atoms with Gasteiger partial charge >= 0.3 is 0 Å². The van der Waals surface area contributed by atoms with Crippen LogP contribution in [0.3, 0.4) is 0 Å². The molecule has 0 radical (unpaired) electrons. The Morgan fingerprint density at radius 1 is 1.09 bits per heavy atom. The van der Waals surface area contributed by atoms with E-state index in [0.717, 1.165) is 32.5 Å². The number of hydrogen-bond acceptors (Lipinski definition) is 4. The molecular weight excluding hydrogens is 324 g/mol. The van der Waals surface area contributed by atoms with E-state index in [1.807, 2.05) is 49.3 Å². The number of anilines is 1. The molecule has 2 aromatic carbocycles. The minimum Gasteiger partial charge on any atom is -0.355 e. The van der Waals surface area contributed by atoms with Crippen LogP contribution in [0.1, 0.15) is 0 Å². The predicted octanol–water partition coefficient (Wildman–Crippen LogP) is 4.26. The number of rotatable bonds is 1. The summed E-state index contributed by atoms with van der Waals surface area (Å²) in [4.78, 5) is 12.4. The van der Waals surface area contributed by atoms with Crippen molar-refractivity contribution in [1.82, 2.24) is 14.9 Å². The summed E-state index contributed by atoms with van der Waals surface area (Å²) in [5.41, 5.74) is 3.76. The molecule has 0 bridgehead atoms. The Hall–Kier alpha value is -2.31. The highest BCUT2D eigenvalue weighted by atomic mass is 32.1. The van der Waals surface area contributed by atoms with Crippen LogP contribution in [0.25, 0.3) is 31.5 Å². The van der Waals surface area contributed by atoms with Crippen molar-refractivity contribution in [2.75, 3.05) is 19.4 Å². The molecule has 0 saturated heterocycles. The molecule has 4 nitrogen and oxygen atoms in total. The Kier molecular flexibility index (Phi) is 3.36. The van der Waals surface area contributed by atoms with Crippen molar-refractivity contribution in [1.29, 1.82) is 0 Å². The number of hydrogen-bond donors (Lipinski definition) is 1. The second kappa shape index (κ2) is 5.40. The lowest BCUT2D eigenvalue weighted by Crippen LogP contribution is -2.26. The van der Waals surface area contributed by atoms with Gasteiger partial charge in [0.15, 0.2) is 5.11 Å².